The molecule has 1 atom stereocenters. The highest BCUT2D eigenvalue weighted by molar-refractivity contribution is 9.10. The van der Waals surface area contributed by atoms with E-state index < -0.39 is 6.04 Å². The van der Waals surface area contributed by atoms with Crippen molar-refractivity contribution in [2.24, 2.45) is 11.7 Å². The van der Waals surface area contributed by atoms with Crippen molar-refractivity contribution in [1.82, 2.24) is 4.90 Å². The number of carbonyl (C=O) groups excluding carboxylic acids is 3. The highest BCUT2D eigenvalue weighted by atomic mass is 79.9. The van der Waals surface area contributed by atoms with E-state index in [1.165, 1.54) is 4.90 Å². The Balaban J connectivity index is 1.73. The zero-order valence-corrected chi connectivity index (χ0v) is 14.2. The number of nitrogens with zero attached hydrogens (tertiary/aromatic N) is 2. The third kappa shape index (κ3) is 3.16. The van der Waals surface area contributed by atoms with E-state index >= 15 is 0 Å². The molecule has 23 heavy (non-hydrogen) atoms. The molecule has 1 aromatic carbocycles. The number of amides is 3. The Labute approximate surface area is 142 Å². The highest BCUT2D eigenvalue weighted by Crippen LogP contribution is 2.29. The van der Waals surface area contributed by atoms with Gasteiger partial charge < -0.3 is 5.73 Å². The van der Waals surface area contributed by atoms with E-state index in [1.54, 1.807) is 18.2 Å². The molecule has 6 nitrogen and oxygen atoms in total. The van der Waals surface area contributed by atoms with E-state index in [4.69, 9.17) is 5.73 Å². The largest absolute Gasteiger partial charge is 0.369 e. The summed E-state index contributed by atoms with van der Waals surface area (Å²) >= 11 is 3.36. The van der Waals surface area contributed by atoms with Gasteiger partial charge in [-0.3, -0.25) is 19.3 Å². The second-order valence-corrected chi connectivity index (χ2v) is 6.90. The second-order valence-electron chi connectivity index (χ2n) is 5.98. The normalized spacial score (nSPS) is 23.5. The van der Waals surface area contributed by atoms with Crippen molar-refractivity contribution < 1.29 is 14.4 Å². The van der Waals surface area contributed by atoms with Crippen LogP contribution in [0.5, 0.6) is 0 Å². The lowest BCUT2D eigenvalue weighted by Gasteiger charge is -2.33. The number of halogens is 1. The molecule has 0 bridgehead atoms. The van der Waals surface area contributed by atoms with E-state index in [1.807, 2.05) is 11.0 Å². The number of likely N-dealkylation sites (tertiary alicyclic amines) is 1. The fourth-order valence-electron chi connectivity index (χ4n) is 3.28. The van der Waals surface area contributed by atoms with Crippen molar-refractivity contribution in [3.63, 3.8) is 0 Å². The van der Waals surface area contributed by atoms with Gasteiger partial charge in [-0.15, -0.1) is 0 Å². The lowest BCUT2D eigenvalue weighted by Crippen LogP contribution is -2.47. The summed E-state index contributed by atoms with van der Waals surface area (Å²) in [6, 6.07) is 6.72. The number of hydrogen-bond acceptors (Lipinski definition) is 4. The molecule has 2 aliphatic rings. The zero-order valence-electron chi connectivity index (χ0n) is 12.6. The molecule has 2 fully saturated rings. The van der Waals surface area contributed by atoms with Gasteiger partial charge in [0, 0.05) is 10.4 Å². The lowest BCUT2D eigenvalue weighted by molar-refractivity contribution is -0.124. The fraction of sp³-hybridized carbons (Fsp3) is 0.438. The van der Waals surface area contributed by atoms with Gasteiger partial charge in [-0.05, 0) is 44.1 Å². The van der Waals surface area contributed by atoms with E-state index in [0.29, 0.717) is 31.6 Å². The maximum Gasteiger partial charge on any atom is 0.251 e. The predicted molar refractivity (Wildman–Crippen MR) is 88.5 cm³/mol. The van der Waals surface area contributed by atoms with Gasteiger partial charge in [-0.2, -0.15) is 0 Å². The number of imide groups is 1. The molecule has 2 heterocycles. The molecule has 0 radical (unpaired) electrons. The Kier molecular flexibility index (Phi) is 4.50. The van der Waals surface area contributed by atoms with Gasteiger partial charge in [-0.1, -0.05) is 22.0 Å². The van der Waals surface area contributed by atoms with Gasteiger partial charge in [-0.25, -0.2) is 4.90 Å². The van der Waals surface area contributed by atoms with Gasteiger partial charge in [0.2, 0.25) is 11.8 Å². The molecule has 1 aromatic rings. The van der Waals surface area contributed by atoms with Crippen LogP contribution >= 0.6 is 15.9 Å². The summed E-state index contributed by atoms with van der Waals surface area (Å²) in [6.07, 6.45) is 1.47. The minimum atomic E-state index is -0.435. The van der Waals surface area contributed by atoms with Crippen LogP contribution in [0.2, 0.25) is 0 Å². The van der Waals surface area contributed by atoms with Gasteiger partial charge in [0.1, 0.15) is 0 Å². The van der Waals surface area contributed by atoms with E-state index in [-0.39, 0.29) is 30.1 Å². The standard InChI is InChI=1S/C16H18BrN3O3/c17-11-2-1-3-12(8-11)20-14(21)9-13(16(20)23)19-6-4-10(5-7-19)15(18)22/h1-3,8,10,13H,4-7,9H2,(H2,18,22)/t13-/m0/s1. The number of carbonyl (C=O) groups is 3. The topological polar surface area (TPSA) is 83.7 Å². The molecule has 0 aliphatic carbocycles. The highest BCUT2D eigenvalue weighted by Gasteiger charge is 2.43. The van der Waals surface area contributed by atoms with Crippen LogP contribution in [-0.2, 0) is 14.4 Å². The smallest absolute Gasteiger partial charge is 0.251 e. The number of anilines is 1. The SMILES string of the molecule is NC(=O)C1CCN([C@H]2CC(=O)N(c3cccc(Br)c3)C2=O)CC1. The van der Waals surface area contributed by atoms with Crippen LogP contribution in [0.25, 0.3) is 0 Å². The number of nitrogens with two attached hydrogens (primary N) is 1. The van der Waals surface area contributed by atoms with Crippen LogP contribution in [0.1, 0.15) is 19.3 Å². The van der Waals surface area contributed by atoms with Crippen LogP contribution in [0.15, 0.2) is 28.7 Å². The summed E-state index contributed by atoms with van der Waals surface area (Å²) in [5.41, 5.74) is 5.92. The van der Waals surface area contributed by atoms with Crippen molar-refractivity contribution in [2.45, 2.75) is 25.3 Å². The molecular weight excluding hydrogens is 362 g/mol. The number of hydrogen-bond donors (Lipinski definition) is 1. The summed E-state index contributed by atoms with van der Waals surface area (Å²) in [6.45, 7) is 1.23. The Morgan fingerprint density at radius 3 is 2.52 bits per heavy atom. The molecule has 0 saturated carbocycles. The Morgan fingerprint density at radius 2 is 1.91 bits per heavy atom. The van der Waals surface area contributed by atoms with Crippen molar-refractivity contribution in [2.75, 3.05) is 18.0 Å². The average molecular weight is 380 g/mol. The maximum atomic E-state index is 12.7. The van der Waals surface area contributed by atoms with E-state index in [0.717, 1.165) is 4.47 Å². The molecule has 0 spiro atoms. The average Bonchev–Trinajstić information content (AvgIpc) is 2.82. The first-order chi connectivity index (χ1) is 11.0. The van der Waals surface area contributed by atoms with Gasteiger partial charge >= 0.3 is 0 Å². The molecule has 7 heteroatoms. The van der Waals surface area contributed by atoms with Gasteiger partial charge in [0.05, 0.1) is 18.2 Å². The van der Waals surface area contributed by atoms with Gasteiger partial charge in [0.15, 0.2) is 0 Å². The van der Waals surface area contributed by atoms with E-state index in [9.17, 15) is 14.4 Å². The van der Waals surface area contributed by atoms with E-state index in [2.05, 4.69) is 15.9 Å². The summed E-state index contributed by atoms with van der Waals surface area (Å²) in [7, 11) is 0. The zero-order chi connectivity index (χ0) is 16.6. The molecule has 3 amide bonds. The van der Waals surface area contributed by atoms with Crippen LogP contribution in [0, 0.1) is 5.92 Å². The Morgan fingerprint density at radius 1 is 1.22 bits per heavy atom. The Hall–Kier alpha value is -1.73. The van der Waals surface area contributed by atoms with Gasteiger partial charge in [0.25, 0.3) is 5.91 Å². The third-order valence-electron chi connectivity index (χ3n) is 4.56. The van der Waals surface area contributed by atoms with Crippen LogP contribution in [0.3, 0.4) is 0 Å². The lowest BCUT2D eigenvalue weighted by atomic mass is 9.95. The molecule has 3 rings (SSSR count). The van der Waals surface area contributed by atoms with Crippen LogP contribution in [-0.4, -0.2) is 41.8 Å². The van der Waals surface area contributed by atoms with Crippen LogP contribution < -0.4 is 10.6 Å². The van der Waals surface area contributed by atoms with Crippen molar-refractivity contribution in [3.05, 3.63) is 28.7 Å². The molecule has 0 aromatic heterocycles. The first-order valence-electron chi connectivity index (χ1n) is 7.63. The van der Waals surface area contributed by atoms with Crippen molar-refractivity contribution >= 4 is 39.3 Å². The first kappa shape index (κ1) is 16.1. The number of rotatable bonds is 3. The third-order valence-corrected chi connectivity index (χ3v) is 5.06. The number of benzene rings is 1. The van der Waals surface area contributed by atoms with Crippen molar-refractivity contribution in [3.8, 4) is 0 Å². The quantitative estimate of drug-likeness (QED) is 0.801. The monoisotopic (exact) mass is 379 g/mol. The summed E-state index contributed by atoms with van der Waals surface area (Å²) in [4.78, 5) is 39.5. The number of primary amides is 1. The first-order valence-corrected chi connectivity index (χ1v) is 8.42. The molecule has 2 aliphatic heterocycles. The summed E-state index contributed by atoms with van der Waals surface area (Å²) in [5.74, 6) is -0.783. The number of piperidine rings is 1. The maximum absolute atomic E-state index is 12.7. The van der Waals surface area contributed by atoms with Crippen LogP contribution in [0.4, 0.5) is 5.69 Å². The summed E-state index contributed by atoms with van der Waals surface area (Å²) in [5, 5.41) is 0. The molecule has 0 unspecified atom stereocenters. The second kappa shape index (κ2) is 6.41. The molecule has 2 saturated heterocycles. The minimum Gasteiger partial charge on any atom is -0.369 e. The Bertz CT molecular complexity index is 656. The molecule has 2 N–H and O–H groups in total. The van der Waals surface area contributed by atoms with Crippen molar-refractivity contribution in [1.29, 1.82) is 0 Å². The minimum absolute atomic E-state index is 0.125. The molecular formula is C16H18BrN3O3. The summed E-state index contributed by atoms with van der Waals surface area (Å²) < 4.78 is 0.821. The fourth-order valence-corrected chi connectivity index (χ4v) is 3.67. The predicted octanol–water partition coefficient (Wildman–Crippen LogP) is 1.28. The molecule has 122 valence electrons.